The predicted molar refractivity (Wildman–Crippen MR) is 68.7 cm³/mol. The molecule has 0 aliphatic carbocycles. The average Bonchev–Trinajstić information content (AvgIpc) is 2.31. The summed E-state index contributed by atoms with van der Waals surface area (Å²) in [7, 11) is 0. The molecule has 98 valence electrons. The molecule has 2 N–H and O–H groups in total. The lowest BCUT2D eigenvalue weighted by atomic mass is 10.1. The second-order valence-electron chi connectivity index (χ2n) is 4.16. The first kappa shape index (κ1) is 15.9. The summed E-state index contributed by atoms with van der Waals surface area (Å²) in [5, 5.41) is 0. The van der Waals surface area contributed by atoms with E-state index in [1.807, 2.05) is 6.92 Å². The average molecular weight is 231 g/mol. The third kappa shape index (κ3) is 10.4. The van der Waals surface area contributed by atoms with Crippen LogP contribution in [0, 0.1) is 0 Å². The van der Waals surface area contributed by atoms with Gasteiger partial charge in [-0.3, -0.25) is 0 Å². The largest absolute Gasteiger partial charge is 0.379 e. The van der Waals surface area contributed by atoms with E-state index in [-0.39, 0.29) is 6.10 Å². The normalized spacial score (nSPS) is 12.9. The van der Waals surface area contributed by atoms with Crippen molar-refractivity contribution in [3.05, 3.63) is 0 Å². The van der Waals surface area contributed by atoms with Gasteiger partial charge in [0.2, 0.25) is 0 Å². The summed E-state index contributed by atoms with van der Waals surface area (Å²) in [5.41, 5.74) is 5.55. The molecule has 0 aromatic rings. The van der Waals surface area contributed by atoms with Crippen LogP contribution in [0.5, 0.6) is 0 Å². The molecule has 0 saturated carbocycles. The lowest BCUT2D eigenvalue weighted by molar-refractivity contribution is -0.00732. The standard InChI is InChI=1S/C13H29NO2/c1-3-5-6-7-8-9-10-15-12-13(11-14)16-4-2/h13H,3-12,14H2,1-2H3. The van der Waals surface area contributed by atoms with Crippen LogP contribution < -0.4 is 5.73 Å². The van der Waals surface area contributed by atoms with E-state index in [0.717, 1.165) is 13.0 Å². The molecule has 0 aliphatic rings. The molecule has 0 spiro atoms. The summed E-state index contributed by atoms with van der Waals surface area (Å²) >= 11 is 0. The number of nitrogens with two attached hydrogens (primary N) is 1. The maximum atomic E-state index is 5.55. The van der Waals surface area contributed by atoms with E-state index >= 15 is 0 Å². The first-order valence-corrected chi connectivity index (χ1v) is 6.74. The van der Waals surface area contributed by atoms with Crippen LogP contribution in [-0.4, -0.2) is 32.5 Å². The Morgan fingerprint density at radius 1 is 1.00 bits per heavy atom. The van der Waals surface area contributed by atoms with Gasteiger partial charge < -0.3 is 15.2 Å². The van der Waals surface area contributed by atoms with Crippen molar-refractivity contribution in [1.82, 2.24) is 0 Å². The molecule has 1 atom stereocenters. The fraction of sp³-hybridized carbons (Fsp3) is 1.00. The molecule has 1 unspecified atom stereocenters. The van der Waals surface area contributed by atoms with Gasteiger partial charge in [-0.2, -0.15) is 0 Å². The van der Waals surface area contributed by atoms with Crippen LogP contribution in [0.2, 0.25) is 0 Å². The molecule has 0 heterocycles. The maximum Gasteiger partial charge on any atom is 0.0930 e. The number of hydrogen-bond donors (Lipinski definition) is 1. The summed E-state index contributed by atoms with van der Waals surface area (Å²) in [5.74, 6) is 0. The molecular weight excluding hydrogens is 202 g/mol. The van der Waals surface area contributed by atoms with E-state index < -0.39 is 0 Å². The van der Waals surface area contributed by atoms with Gasteiger partial charge in [0, 0.05) is 19.8 Å². The minimum absolute atomic E-state index is 0.0742. The summed E-state index contributed by atoms with van der Waals surface area (Å²) in [6.45, 7) is 6.96. The third-order valence-corrected chi connectivity index (χ3v) is 2.61. The van der Waals surface area contributed by atoms with Gasteiger partial charge in [-0.05, 0) is 13.3 Å². The molecular formula is C13H29NO2. The van der Waals surface area contributed by atoms with Crippen molar-refractivity contribution in [3.8, 4) is 0 Å². The fourth-order valence-corrected chi connectivity index (χ4v) is 1.62. The Balaban J connectivity index is 3.12. The minimum atomic E-state index is 0.0742. The van der Waals surface area contributed by atoms with Gasteiger partial charge in [0.1, 0.15) is 0 Å². The predicted octanol–water partition coefficient (Wildman–Crippen LogP) is 2.73. The first-order chi connectivity index (χ1) is 7.85. The zero-order valence-electron chi connectivity index (χ0n) is 11.0. The lowest BCUT2D eigenvalue weighted by Crippen LogP contribution is -2.29. The van der Waals surface area contributed by atoms with Crippen molar-refractivity contribution in [2.24, 2.45) is 5.73 Å². The second-order valence-corrected chi connectivity index (χ2v) is 4.16. The Hall–Kier alpha value is -0.120. The van der Waals surface area contributed by atoms with Crippen LogP contribution in [0.25, 0.3) is 0 Å². The van der Waals surface area contributed by atoms with Crippen molar-refractivity contribution in [1.29, 1.82) is 0 Å². The van der Waals surface area contributed by atoms with Crippen LogP contribution in [0.15, 0.2) is 0 Å². The molecule has 16 heavy (non-hydrogen) atoms. The highest BCUT2D eigenvalue weighted by atomic mass is 16.5. The number of hydrogen-bond acceptors (Lipinski definition) is 3. The fourth-order valence-electron chi connectivity index (χ4n) is 1.62. The molecule has 0 aliphatic heterocycles. The van der Waals surface area contributed by atoms with E-state index in [4.69, 9.17) is 15.2 Å². The van der Waals surface area contributed by atoms with Gasteiger partial charge >= 0.3 is 0 Å². The molecule has 0 radical (unpaired) electrons. The highest BCUT2D eigenvalue weighted by molar-refractivity contribution is 4.56. The topological polar surface area (TPSA) is 44.5 Å². The monoisotopic (exact) mass is 231 g/mol. The zero-order chi connectivity index (χ0) is 12.1. The van der Waals surface area contributed by atoms with Gasteiger partial charge in [0.25, 0.3) is 0 Å². The molecule has 3 nitrogen and oxygen atoms in total. The molecule has 0 saturated heterocycles. The highest BCUT2D eigenvalue weighted by Gasteiger charge is 2.04. The molecule has 0 fully saturated rings. The van der Waals surface area contributed by atoms with Crippen molar-refractivity contribution >= 4 is 0 Å². The van der Waals surface area contributed by atoms with Crippen LogP contribution in [0.1, 0.15) is 52.4 Å². The van der Waals surface area contributed by atoms with Crippen LogP contribution in [0.3, 0.4) is 0 Å². The second kappa shape index (κ2) is 12.9. The van der Waals surface area contributed by atoms with Crippen molar-refractivity contribution in [3.63, 3.8) is 0 Å². The maximum absolute atomic E-state index is 5.55. The summed E-state index contributed by atoms with van der Waals surface area (Å²) in [6.07, 6.45) is 7.88. The molecule has 0 bridgehead atoms. The smallest absolute Gasteiger partial charge is 0.0930 e. The summed E-state index contributed by atoms with van der Waals surface area (Å²) in [6, 6.07) is 0. The third-order valence-electron chi connectivity index (χ3n) is 2.61. The van der Waals surface area contributed by atoms with E-state index in [2.05, 4.69) is 6.92 Å². The summed E-state index contributed by atoms with van der Waals surface area (Å²) < 4.78 is 10.9. The number of unbranched alkanes of at least 4 members (excludes halogenated alkanes) is 5. The van der Waals surface area contributed by atoms with E-state index in [9.17, 15) is 0 Å². The number of ether oxygens (including phenoxy) is 2. The van der Waals surface area contributed by atoms with Gasteiger partial charge in [-0.15, -0.1) is 0 Å². The lowest BCUT2D eigenvalue weighted by Gasteiger charge is -2.14. The van der Waals surface area contributed by atoms with Crippen LogP contribution in [0.4, 0.5) is 0 Å². The minimum Gasteiger partial charge on any atom is -0.379 e. The first-order valence-electron chi connectivity index (χ1n) is 6.74. The van der Waals surface area contributed by atoms with Crippen LogP contribution >= 0.6 is 0 Å². The van der Waals surface area contributed by atoms with Gasteiger partial charge in [-0.25, -0.2) is 0 Å². The van der Waals surface area contributed by atoms with Gasteiger partial charge in [-0.1, -0.05) is 39.0 Å². The molecule has 0 aromatic heterocycles. The van der Waals surface area contributed by atoms with Gasteiger partial charge in [0.15, 0.2) is 0 Å². The highest BCUT2D eigenvalue weighted by Crippen LogP contribution is 2.05. The molecule has 0 amide bonds. The van der Waals surface area contributed by atoms with E-state index in [0.29, 0.717) is 19.8 Å². The Bertz CT molecular complexity index is 131. The van der Waals surface area contributed by atoms with Crippen molar-refractivity contribution in [2.75, 3.05) is 26.4 Å². The quantitative estimate of drug-likeness (QED) is 0.525. The van der Waals surface area contributed by atoms with Crippen LogP contribution in [-0.2, 0) is 9.47 Å². The molecule has 3 heteroatoms. The zero-order valence-corrected chi connectivity index (χ0v) is 11.0. The van der Waals surface area contributed by atoms with E-state index in [1.165, 1.54) is 32.1 Å². The Labute approximate surface area is 101 Å². The number of rotatable bonds is 12. The van der Waals surface area contributed by atoms with E-state index in [1.54, 1.807) is 0 Å². The Morgan fingerprint density at radius 3 is 2.31 bits per heavy atom. The molecule has 0 aromatic carbocycles. The Kier molecular flexibility index (Phi) is 12.9. The van der Waals surface area contributed by atoms with Crippen molar-refractivity contribution < 1.29 is 9.47 Å². The Morgan fingerprint density at radius 2 is 1.69 bits per heavy atom. The van der Waals surface area contributed by atoms with Gasteiger partial charge in [0.05, 0.1) is 12.7 Å². The summed E-state index contributed by atoms with van der Waals surface area (Å²) in [4.78, 5) is 0. The molecule has 0 rings (SSSR count). The van der Waals surface area contributed by atoms with Crippen molar-refractivity contribution in [2.45, 2.75) is 58.5 Å². The SMILES string of the molecule is CCCCCCCCOCC(CN)OCC.